The third-order valence-corrected chi connectivity index (χ3v) is 5.40. The molecule has 0 spiro atoms. The number of nitrogens with one attached hydrogen (secondary N) is 1. The molecule has 0 aliphatic rings. The van der Waals surface area contributed by atoms with E-state index in [1.165, 1.54) is 47.4 Å². The molecular weight excluding hydrogens is 443 g/mol. The molecule has 0 aliphatic carbocycles. The second-order valence-electron chi connectivity index (χ2n) is 6.85. The summed E-state index contributed by atoms with van der Waals surface area (Å²) in [6.07, 6.45) is 7.98. The molecule has 33 heavy (non-hydrogen) atoms. The number of para-hydroxylation sites is 1. The lowest BCUT2D eigenvalue weighted by Gasteiger charge is -2.18. The molecule has 0 radical (unpaired) electrons. The maximum absolute atomic E-state index is 14.2. The van der Waals surface area contributed by atoms with Gasteiger partial charge in [0.1, 0.15) is 5.82 Å². The molecule has 0 saturated carbocycles. The lowest BCUT2D eigenvalue weighted by atomic mass is 10.2. The molecule has 0 atom stereocenters. The first-order valence-electron chi connectivity index (χ1n) is 9.93. The van der Waals surface area contributed by atoms with E-state index in [4.69, 9.17) is 0 Å². The average Bonchev–Trinajstić information content (AvgIpc) is 3.50. The lowest BCUT2D eigenvalue weighted by molar-refractivity contribution is -0.117. The number of nitrogens with zero attached hydrogens (tertiary/aromatic N) is 5. The van der Waals surface area contributed by atoms with E-state index in [9.17, 15) is 14.0 Å². The SMILES string of the molecule is CC(=O)N(c1nc(/C=C/C(=O)NCc2cccnc2-n2cccn2)cs1)c1ccccc1F. The first kappa shape index (κ1) is 22.0. The summed E-state index contributed by atoms with van der Waals surface area (Å²) in [5.41, 5.74) is 1.41. The van der Waals surface area contributed by atoms with Crippen molar-refractivity contribution in [2.45, 2.75) is 13.5 Å². The Labute approximate surface area is 193 Å². The Hall–Kier alpha value is -4.18. The fourth-order valence-corrected chi connectivity index (χ4v) is 3.91. The second kappa shape index (κ2) is 9.96. The zero-order valence-electron chi connectivity index (χ0n) is 17.6. The van der Waals surface area contributed by atoms with Crippen LogP contribution in [0.1, 0.15) is 18.2 Å². The molecule has 3 aromatic heterocycles. The number of pyridine rings is 1. The highest BCUT2D eigenvalue weighted by atomic mass is 32.1. The molecule has 0 aliphatic heterocycles. The molecule has 1 N–H and O–H groups in total. The summed E-state index contributed by atoms with van der Waals surface area (Å²) in [5, 5.41) is 8.98. The first-order chi connectivity index (χ1) is 16.0. The molecule has 10 heteroatoms. The number of carbonyl (C=O) groups excluding carboxylic acids is 2. The summed E-state index contributed by atoms with van der Waals surface area (Å²) in [7, 11) is 0. The number of halogens is 1. The van der Waals surface area contributed by atoms with Gasteiger partial charge in [-0.1, -0.05) is 18.2 Å². The molecule has 2 amide bonds. The summed E-state index contributed by atoms with van der Waals surface area (Å²) in [4.78, 5) is 34.3. The van der Waals surface area contributed by atoms with E-state index < -0.39 is 5.82 Å². The molecule has 166 valence electrons. The highest BCUT2D eigenvalue weighted by Gasteiger charge is 2.20. The monoisotopic (exact) mass is 462 g/mol. The van der Waals surface area contributed by atoms with E-state index in [1.54, 1.807) is 52.9 Å². The van der Waals surface area contributed by atoms with Crippen LogP contribution in [0.25, 0.3) is 11.9 Å². The van der Waals surface area contributed by atoms with Gasteiger partial charge in [0.2, 0.25) is 11.8 Å². The maximum Gasteiger partial charge on any atom is 0.244 e. The van der Waals surface area contributed by atoms with Crippen LogP contribution >= 0.6 is 11.3 Å². The van der Waals surface area contributed by atoms with Gasteiger partial charge in [0.05, 0.1) is 11.4 Å². The minimum absolute atomic E-state index is 0.122. The van der Waals surface area contributed by atoms with E-state index >= 15 is 0 Å². The Kier molecular flexibility index (Phi) is 6.65. The first-order valence-corrected chi connectivity index (χ1v) is 10.8. The Bertz CT molecular complexity index is 1300. The summed E-state index contributed by atoms with van der Waals surface area (Å²) < 4.78 is 15.8. The van der Waals surface area contributed by atoms with Crippen molar-refractivity contribution in [2.24, 2.45) is 0 Å². The fraction of sp³-hybridized carbons (Fsp3) is 0.0870. The van der Waals surface area contributed by atoms with Gasteiger partial charge in [-0.3, -0.25) is 14.5 Å². The number of thiazole rings is 1. The van der Waals surface area contributed by atoms with Crippen molar-refractivity contribution in [3.63, 3.8) is 0 Å². The van der Waals surface area contributed by atoms with Crippen molar-refractivity contribution in [3.05, 3.63) is 89.6 Å². The van der Waals surface area contributed by atoms with Gasteiger partial charge in [-0.2, -0.15) is 5.10 Å². The van der Waals surface area contributed by atoms with Crippen molar-refractivity contribution < 1.29 is 14.0 Å². The molecule has 3 heterocycles. The third-order valence-electron chi connectivity index (χ3n) is 4.56. The third kappa shape index (κ3) is 5.18. The van der Waals surface area contributed by atoms with Crippen molar-refractivity contribution >= 4 is 40.0 Å². The Morgan fingerprint density at radius 3 is 2.79 bits per heavy atom. The van der Waals surface area contributed by atoms with Gasteiger partial charge >= 0.3 is 0 Å². The number of amides is 2. The fourth-order valence-electron chi connectivity index (χ4n) is 3.07. The summed E-state index contributed by atoms with van der Waals surface area (Å²) in [6, 6.07) is 11.4. The van der Waals surface area contributed by atoms with Crippen molar-refractivity contribution in [2.75, 3.05) is 4.90 Å². The number of carbonyl (C=O) groups is 2. The molecular formula is C23H19FN6O2S. The van der Waals surface area contributed by atoms with E-state index in [-0.39, 0.29) is 24.0 Å². The zero-order chi connectivity index (χ0) is 23.2. The molecule has 4 aromatic rings. The van der Waals surface area contributed by atoms with Crippen molar-refractivity contribution in [3.8, 4) is 5.82 Å². The quantitative estimate of drug-likeness (QED) is 0.421. The largest absolute Gasteiger partial charge is 0.348 e. The molecule has 1 aromatic carbocycles. The van der Waals surface area contributed by atoms with Crippen LogP contribution in [0, 0.1) is 5.82 Å². The minimum Gasteiger partial charge on any atom is -0.348 e. The standard InChI is InChI=1S/C23H19FN6O2S/c1-16(31)30(20-8-3-2-7-19(20)24)23-28-18(15-33-23)9-10-21(32)26-14-17-6-4-11-25-22(17)29-13-5-12-27-29/h2-13,15H,14H2,1H3,(H,26,32)/b10-9+. The van der Waals surface area contributed by atoms with Crippen LogP contribution in [0.3, 0.4) is 0 Å². The van der Waals surface area contributed by atoms with Crippen LogP contribution in [0.2, 0.25) is 0 Å². The number of benzene rings is 1. The van der Waals surface area contributed by atoms with Gasteiger partial charge in [0.25, 0.3) is 0 Å². The number of aromatic nitrogens is 4. The molecule has 0 unspecified atom stereocenters. The molecule has 0 bridgehead atoms. The summed E-state index contributed by atoms with van der Waals surface area (Å²) in [5.74, 6) is -0.581. The van der Waals surface area contributed by atoms with Crippen molar-refractivity contribution in [1.82, 2.24) is 25.1 Å². The Balaban J connectivity index is 1.43. The topological polar surface area (TPSA) is 93.0 Å². The predicted octanol–water partition coefficient (Wildman–Crippen LogP) is 3.88. The average molecular weight is 463 g/mol. The predicted molar refractivity (Wildman–Crippen MR) is 124 cm³/mol. The van der Waals surface area contributed by atoms with Gasteiger partial charge in [0, 0.05) is 49.1 Å². The highest BCUT2D eigenvalue weighted by Crippen LogP contribution is 2.30. The Morgan fingerprint density at radius 2 is 2.03 bits per heavy atom. The van der Waals surface area contributed by atoms with Crippen LogP contribution in [-0.2, 0) is 16.1 Å². The summed E-state index contributed by atoms with van der Waals surface area (Å²) in [6.45, 7) is 1.60. The molecule has 4 rings (SSSR count). The van der Waals surface area contributed by atoms with E-state index in [1.807, 2.05) is 6.07 Å². The Morgan fingerprint density at radius 1 is 1.18 bits per heavy atom. The van der Waals surface area contributed by atoms with E-state index in [0.717, 1.165) is 5.56 Å². The van der Waals surface area contributed by atoms with Gasteiger partial charge in [-0.05, 0) is 30.3 Å². The van der Waals surface area contributed by atoms with Gasteiger partial charge < -0.3 is 5.32 Å². The number of rotatable bonds is 7. The second-order valence-corrected chi connectivity index (χ2v) is 7.69. The normalized spacial score (nSPS) is 11.0. The van der Waals surface area contributed by atoms with E-state index in [2.05, 4.69) is 20.4 Å². The van der Waals surface area contributed by atoms with Crippen LogP contribution in [0.15, 0.2) is 72.5 Å². The number of hydrogen-bond donors (Lipinski definition) is 1. The number of hydrogen-bond acceptors (Lipinski definition) is 6. The zero-order valence-corrected chi connectivity index (χ0v) is 18.4. The van der Waals surface area contributed by atoms with E-state index in [0.29, 0.717) is 16.6 Å². The van der Waals surface area contributed by atoms with Crippen LogP contribution in [0.5, 0.6) is 0 Å². The van der Waals surface area contributed by atoms with Gasteiger partial charge in [0.15, 0.2) is 10.9 Å². The van der Waals surface area contributed by atoms with Crippen molar-refractivity contribution in [1.29, 1.82) is 0 Å². The van der Waals surface area contributed by atoms with Gasteiger partial charge in [-0.25, -0.2) is 19.0 Å². The summed E-state index contributed by atoms with van der Waals surface area (Å²) >= 11 is 1.18. The van der Waals surface area contributed by atoms with Crippen LogP contribution in [0.4, 0.5) is 15.2 Å². The highest BCUT2D eigenvalue weighted by molar-refractivity contribution is 7.14. The molecule has 8 nitrogen and oxygen atoms in total. The molecule has 0 saturated heterocycles. The van der Waals surface area contributed by atoms with Gasteiger partial charge in [-0.15, -0.1) is 11.3 Å². The number of anilines is 2. The molecule has 0 fully saturated rings. The minimum atomic E-state index is -0.524. The smallest absolute Gasteiger partial charge is 0.244 e. The van der Waals surface area contributed by atoms with Crippen LogP contribution < -0.4 is 10.2 Å². The van der Waals surface area contributed by atoms with Crippen LogP contribution in [-0.4, -0.2) is 31.6 Å². The lowest BCUT2D eigenvalue weighted by Crippen LogP contribution is -2.23. The maximum atomic E-state index is 14.2.